The van der Waals surface area contributed by atoms with Gasteiger partial charge < -0.3 is 29.2 Å². The summed E-state index contributed by atoms with van der Waals surface area (Å²) in [4.78, 5) is 0. The second kappa shape index (κ2) is 12.9. The number of hydrogen-bond donors (Lipinski definition) is 2. The van der Waals surface area contributed by atoms with Crippen LogP contribution in [0.15, 0.2) is 60.7 Å². The first kappa shape index (κ1) is 24.7. The molecule has 2 N–H and O–H groups in total. The summed E-state index contributed by atoms with van der Waals surface area (Å²) in [5, 5.41) is 7.32. The average Bonchev–Trinajstić information content (AvgIpc) is 3.26. The van der Waals surface area contributed by atoms with Crippen molar-refractivity contribution in [3.05, 3.63) is 60.7 Å². The van der Waals surface area contributed by atoms with E-state index in [1.54, 1.807) is 7.11 Å². The predicted octanol–water partition coefficient (Wildman–Crippen LogP) is 4.92. The Kier molecular flexibility index (Phi) is 10.0. The maximum atomic E-state index is 6.47. The molecule has 1 aliphatic heterocycles. The maximum Gasteiger partial charge on any atom is 0.248 e. The fourth-order valence-electron chi connectivity index (χ4n) is 3.64. The molecular formula is C24H35N4O2PS. The van der Waals surface area contributed by atoms with Crippen molar-refractivity contribution in [2.24, 2.45) is 0 Å². The number of nitrogens with one attached hydrogen (secondary N) is 2. The SMILES string of the molecule is CCC(NC(=S)NCCCOP1N(c2ccccc2)CCN1c1ccccc1)[C@@H](C)OC. The van der Waals surface area contributed by atoms with Gasteiger partial charge in [0.25, 0.3) is 0 Å². The Hall–Kier alpha value is -1.92. The van der Waals surface area contributed by atoms with E-state index in [2.05, 4.69) is 94.5 Å². The Labute approximate surface area is 199 Å². The van der Waals surface area contributed by atoms with E-state index in [1.807, 2.05) is 0 Å². The van der Waals surface area contributed by atoms with Crippen molar-refractivity contribution in [2.45, 2.75) is 38.8 Å². The van der Waals surface area contributed by atoms with Crippen molar-refractivity contribution in [3.8, 4) is 0 Å². The minimum atomic E-state index is -0.910. The zero-order valence-corrected chi connectivity index (χ0v) is 20.9. The molecule has 32 heavy (non-hydrogen) atoms. The number of nitrogens with zero attached hydrogens (tertiary/aromatic N) is 2. The first-order chi connectivity index (χ1) is 15.6. The molecule has 0 saturated carbocycles. The molecule has 0 bridgehead atoms. The van der Waals surface area contributed by atoms with E-state index < -0.39 is 8.45 Å². The van der Waals surface area contributed by atoms with Crippen LogP contribution in [0.2, 0.25) is 0 Å². The summed E-state index contributed by atoms with van der Waals surface area (Å²) in [6.45, 7) is 7.52. The maximum absolute atomic E-state index is 6.47. The van der Waals surface area contributed by atoms with E-state index in [0.717, 1.165) is 32.5 Å². The Morgan fingerprint density at radius 2 is 1.59 bits per heavy atom. The highest BCUT2D eigenvalue weighted by Crippen LogP contribution is 2.53. The van der Waals surface area contributed by atoms with Crippen LogP contribution in [0.5, 0.6) is 0 Å². The Morgan fingerprint density at radius 1 is 1.03 bits per heavy atom. The third-order valence-electron chi connectivity index (χ3n) is 5.55. The van der Waals surface area contributed by atoms with E-state index in [9.17, 15) is 0 Å². The van der Waals surface area contributed by atoms with Gasteiger partial charge >= 0.3 is 0 Å². The van der Waals surface area contributed by atoms with Gasteiger partial charge in [-0.1, -0.05) is 43.3 Å². The molecule has 1 aliphatic rings. The molecule has 2 aromatic carbocycles. The Bertz CT molecular complexity index is 767. The van der Waals surface area contributed by atoms with Crippen molar-refractivity contribution in [1.82, 2.24) is 10.6 Å². The third-order valence-corrected chi connectivity index (χ3v) is 7.92. The van der Waals surface area contributed by atoms with Gasteiger partial charge in [-0.15, -0.1) is 0 Å². The Balaban J connectivity index is 1.52. The van der Waals surface area contributed by atoms with Gasteiger partial charge in [0.1, 0.15) is 0 Å². The van der Waals surface area contributed by atoms with E-state index in [4.69, 9.17) is 21.5 Å². The summed E-state index contributed by atoms with van der Waals surface area (Å²) in [5.41, 5.74) is 2.41. The highest BCUT2D eigenvalue weighted by molar-refractivity contribution is 7.80. The highest BCUT2D eigenvalue weighted by atomic mass is 32.1. The highest BCUT2D eigenvalue weighted by Gasteiger charge is 2.34. The largest absolute Gasteiger partial charge is 0.380 e. The molecule has 1 saturated heterocycles. The van der Waals surface area contributed by atoms with Crippen molar-refractivity contribution in [3.63, 3.8) is 0 Å². The van der Waals surface area contributed by atoms with Gasteiger partial charge in [-0.05, 0) is 56.2 Å². The van der Waals surface area contributed by atoms with Gasteiger partial charge in [0.2, 0.25) is 8.45 Å². The van der Waals surface area contributed by atoms with Gasteiger partial charge in [0, 0.05) is 38.1 Å². The van der Waals surface area contributed by atoms with Crippen LogP contribution in [0.4, 0.5) is 11.4 Å². The minimum absolute atomic E-state index is 0.112. The second-order valence-electron chi connectivity index (χ2n) is 7.71. The van der Waals surface area contributed by atoms with Crippen molar-refractivity contribution in [1.29, 1.82) is 0 Å². The molecule has 6 nitrogen and oxygen atoms in total. The molecule has 0 aromatic heterocycles. The number of para-hydroxylation sites is 2. The van der Waals surface area contributed by atoms with Gasteiger partial charge in [0.15, 0.2) is 5.11 Å². The minimum Gasteiger partial charge on any atom is -0.380 e. The molecule has 0 amide bonds. The van der Waals surface area contributed by atoms with Crippen LogP contribution in [0.3, 0.4) is 0 Å². The first-order valence-electron chi connectivity index (χ1n) is 11.3. The van der Waals surface area contributed by atoms with Crippen molar-refractivity contribution >= 4 is 37.2 Å². The number of anilines is 2. The van der Waals surface area contributed by atoms with Gasteiger partial charge in [-0.25, -0.2) is 0 Å². The van der Waals surface area contributed by atoms with E-state index in [0.29, 0.717) is 11.7 Å². The molecular weight excluding hydrogens is 439 g/mol. The quantitative estimate of drug-likeness (QED) is 0.272. The monoisotopic (exact) mass is 474 g/mol. The number of thiocarbonyl (C=S) groups is 1. The lowest BCUT2D eigenvalue weighted by Gasteiger charge is -2.30. The zero-order chi connectivity index (χ0) is 22.8. The lowest BCUT2D eigenvalue weighted by Crippen LogP contribution is -2.47. The molecule has 1 fully saturated rings. The molecule has 2 aromatic rings. The van der Waals surface area contributed by atoms with E-state index in [1.165, 1.54) is 11.4 Å². The molecule has 0 spiro atoms. The normalized spacial score (nSPS) is 16.1. The summed E-state index contributed by atoms with van der Waals surface area (Å²) >= 11 is 5.45. The number of ether oxygens (including phenoxy) is 1. The number of rotatable bonds is 11. The molecule has 2 atom stereocenters. The number of hydrogen-bond acceptors (Lipinski definition) is 5. The summed E-state index contributed by atoms with van der Waals surface area (Å²) in [7, 11) is 0.817. The molecule has 174 valence electrons. The predicted molar refractivity (Wildman–Crippen MR) is 139 cm³/mol. The van der Waals surface area contributed by atoms with Crippen molar-refractivity contribution < 1.29 is 9.26 Å². The molecule has 8 heteroatoms. The van der Waals surface area contributed by atoms with Crippen LogP contribution in [-0.2, 0) is 9.26 Å². The van der Waals surface area contributed by atoms with Crippen molar-refractivity contribution in [2.75, 3.05) is 42.7 Å². The summed E-state index contributed by atoms with van der Waals surface area (Å²) in [5.74, 6) is 0. The fourth-order valence-corrected chi connectivity index (χ4v) is 5.91. The molecule has 0 radical (unpaired) electrons. The van der Waals surface area contributed by atoms with Crippen LogP contribution >= 0.6 is 20.7 Å². The van der Waals surface area contributed by atoms with Crippen LogP contribution in [0.25, 0.3) is 0 Å². The van der Waals surface area contributed by atoms with Crippen LogP contribution < -0.4 is 20.0 Å². The first-order valence-corrected chi connectivity index (χ1v) is 12.9. The standard InChI is InChI=1S/C24H35N4O2PS/c1-4-23(20(2)29-3)26-24(32)25-16-11-19-30-31-27(21-12-7-5-8-13-21)17-18-28(31)22-14-9-6-10-15-22/h5-10,12-15,20,23H,4,11,16-19H2,1-3H3,(H2,25,26,32)/t20-,23?/m1/s1. The zero-order valence-electron chi connectivity index (χ0n) is 19.2. The molecule has 3 rings (SSSR count). The topological polar surface area (TPSA) is 49.0 Å². The smallest absolute Gasteiger partial charge is 0.248 e. The summed E-state index contributed by atoms with van der Waals surface area (Å²) in [6.07, 6.45) is 1.94. The van der Waals surface area contributed by atoms with Crippen LogP contribution in [0, 0.1) is 0 Å². The second-order valence-corrected chi connectivity index (χ2v) is 9.85. The lowest BCUT2D eigenvalue weighted by molar-refractivity contribution is 0.0880. The number of methoxy groups -OCH3 is 1. The van der Waals surface area contributed by atoms with Crippen LogP contribution in [-0.4, -0.2) is 50.6 Å². The Morgan fingerprint density at radius 3 is 2.09 bits per heavy atom. The van der Waals surface area contributed by atoms with Gasteiger partial charge in [-0.3, -0.25) is 0 Å². The summed E-state index contributed by atoms with van der Waals surface area (Å²) in [6, 6.07) is 21.3. The fraction of sp³-hybridized carbons (Fsp3) is 0.458. The molecule has 1 heterocycles. The lowest BCUT2D eigenvalue weighted by atomic mass is 10.1. The van der Waals surface area contributed by atoms with E-state index >= 15 is 0 Å². The van der Waals surface area contributed by atoms with Crippen LogP contribution in [0.1, 0.15) is 26.7 Å². The average molecular weight is 475 g/mol. The third kappa shape index (κ3) is 6.79. The van der Waals surface area contributed by atoms with Gasteiger partial charge in [0.05, 0.1) is 18.8 Å². The molecule has 1 unspecified atom stereocenters. The van der Waals surface area contributed by atoms with E-state index in [-0.39, 0.29) is 12.1 Å². The summed E-state index contributed by atoms with van der Waals surface area (Å²) < 4.78 is 16.7. The molecule has 0 aliphatic carbocycles. The number of benzene rings is 2. The van der Waals surface area contributed by atoms with Gasteiger partial charge in [-0.2, -0.15) is 0 Å².